The molecule has 0 saturated carbocycles. The highest BCUT2D eigenvalue weighted by atomic mass is 16.5. The highest BCUT2D eigenvalue weighted by molar-refractivity contribution is 5.72. The fourth-order valence-corrected chi connectivity index (χ4v) is 1.25. The standard InChI is InChI=1S/C10H12O4/c1-13-8-4-3-5-9(14-2)7(8)6-10(11)12/h3-5H,6H2,1-2H3,(H,11,12). The van der Waals surface area contributed by atoms with E-state index in [2.05, 4.69) is 0 Å². The summed E-state index contributed by atoms with van der Waals surface area (Å²) in [5.74, 6) is 0.159. The van der Waals surface area contributed by atoms with Crippen LogP contribution in [0.2, 0.25) is 0 Å². The van der Waals surface area contributed by atoms with Gasteiger partial charge >= 0.3 is 5.97 Å². The van der Waals surface area contributed by atoms with E-state index in [-0.39, 0.29) is 6.42 Å². The van der Waals surface area contributed by atoms with Gasteiger partial charge in [-0.25, -0.2) is 0 Å². The van der Waals surface area contributed by atoms with E-state index in [4.69, 9.17) is 14.6 Å². The molecule has 0 saturated heterocycles. The monoisotopic (exact) mass is 196 g/mol. The minimum absolute atomic E-state index is 0.104. The van der Waals surface area contributed by atoms with Gasteiger partial charge in [-0.1, -0.05) is 6.07 Å². The molecule has 0 heterocycles. The van der Waals surface area contributed by atoms with Gasteiger partial charge in [0.25, 0.3) is 0 Å². The molecule has 76 valence electrons. The summed E-state index contributed by atoms with van der Waals surface area (Å²) in [6, 6.07) is 5.17. The Hall–Kier alpha value is -1.71. The number of carboxylic acids is 1. The van der Waals surface area contributed by atoms with Crippen LogP contribution in [-0.2, 0) is 11.2 Å². The first kappa shape index (κ1) is 10.4. The summed E-state index contributed by atoms with van der Waals surface area (Å²) in [5, 5.41) is 8.70. The lowest BCUT2D eigenvalue weighted by molar-refractivity contribution is -0.136. The third-order valence-corrected chi connectivity index (χ3v) is 1.86. The molecule has 4 heteroatoms. The number of methoxy groups -OCH3 is 2. The van der Waals surface area contributed by atoms with Crippen molar-refractivity contribution in [3.63, 3.8) is 0 Å². The molecule has 0 aliphatic rings. The molecule has 0 fully saturated rings. The predicted molar refractivity (Wildman–Crippen MR) is 50.9 cm³/mol. The number of carbonyl (C=O) groups is 1. The molecule has 0 aliphatic heterocycles. The van der Waals surface area contributed by atoms with E-state index in [1.54, 1.807) is 18.2 Å². The smallest absolute Gasteiger partial charge is 0.308 e. The van der Waals surface area contributed by atoms with Gasteiger partial charge in [0.1, 0.15) is 11.5 Å². The summed E-state index contributed by atoms with van der Waals surface area (Å²) >= 11 is 0. The largest absolute Gasteiger partial charge is 0.496 e. The molecule has 0 amide bonds. The van der Waals surface area contributed by atoms with Crippen molar-refractivity contribution in [2.45, 2.75) is 6.42 Å². The molecule has 4 nitrogen and oxygen atoms in total. The summed E-state index contributed by atoms with van der Waals surface area (Å²) in [6.45, 7) is 0. The van der Waals surface area contributed by atoms with Gasteiger partial charge in [-0.05, 0) is 12.1 Å². The first-order chi connectivity index (χ1) is 6.69. The highest BCUT2D eigenvalue weighted by Gasteiger charge is 2.12. The second-order valence-corrected chi connectivity index (χ2v) is 2.71. The van der Waals surface area contributed by atoms with Crippen molar-refractivity contribution < 1.29 is 19.4 Å². The quantitative estimate of drug-likeness (QED) is 0.789. The third-order valence-electron chi connectivity index (χ3n) is 1.86. The lowest BCUT2D eigenvalue weighted by Crippen LogP contribution is -2.04. The van der Waals surface area contributed by atoms with Crippen LogP contribution in [0, 0.1) is 0 Å². The van der Waals surface area contributed by atoms with Gasteiger partial charge < -0.3 is 14.6 Å². The summed E-state index contributed by atoms with van der Waals surface area (Å²) in [6.07, 6.45) is -0.104. The van der Waals surface area contributed by atoms with Crippen molar-refractivity contribution >= 4 is 5.97 Å². The second-order valence-electron chi connectivity index (χ2n) is 2.71. The van der Waals surface area contributed by atoms with Crippen molar-refractivity contribution in [2.24, 2.45) is 0 Å². The zero-order valence-electron chi connectivity index (χ0n) is 8.11. The maximum Gasteiger partial charge on any atom is 0.308 e. The topological polar surface area (TPSA) is 55.8 Å². The lowest BCUT2D eigenvalue weighted by atomic mass is 10.1. The molecular formula is C10H12O4. The van der Waals surface area contributed by atoms with Crippen LogP contribution in [0.4, 0.5) is 0 Å². The summed E-state index contributed by atoms with van der Waals surface area (Å²) in [5.41, 5.74) is 0.560. The summed E-state index contributed by atoms with van der Waals surface area (Å²) in [7, 11) is 3.00. The molecule has 1 aromatic carbocycles. The van der Waals surface area contributed by atoms with Crippen molar-refractivity contribution in [2.75, 3.05) is 14.2 Å². The van der Waals surface area contributed by atoms with Crippen molar-refractivity contribution in [1.82, 2.24) is 0 Å². The SMILES string of the molecule is COc1cccc(OC)c1CC(=O)O. The molecule has 0 spiro atoms. The number of carboxylic acid groups (broad SMARTS) is 1. The zero-order chi connectivity index (χ0) is 10.6. The van der Waals surface area contributed by atoms with Crippen LogP contribution < -0.4 is 9.47 Å². The van der Waals surface area contributed by atoms with Gasteiger partial charge in [-0.2, -0.15) is 0 Å². The predicted octanol–water partition coefficient (Wildman–Crippen LogP) is 1.33. The fraction of sp³-hybridized carbons (Fsp3) is 0.300. The van der Waals surface area contributed by atoms with E-state index >= 15 is 0 Å². The molecule has 1 N–H and O–H groups in total. The first-order valence-corrected chi connectivity index (χ1v) is 4.10. The molecule has 0 radical (unpaired) electrons. The van der Waals surface area contributed by atoms with Gasteiger partial charge in [-0.15, -0.1) is 0 Å². The van der Waals surface area contributed by atoms with Crippen LogP contribution in [-0.4, -0.2) is 25.3 Å². The van der Waals surface area contributed by atoms with E-state index in [0.717, 1.165) is 0 Å². The Morgan fingerprint density at radius 1 is 1.29 bits per heavy atom. The van der Waals surface area contributed by atoms with E-state index in [1.807, 2.05) is 0 Å². The third kappa shape index (κ3) is 2.16. The van der Waals surface area contributed by atoms with Gasteiger partial charge in [0.2, 0.25) is 0 Å². The second kappa shape index (κ2) is 4.50. The van der Waals surface area contributed by atoms with Crippen LogP contribution in [0.3, 0.4) is 0 Å². The van der Waals surface area contributed by atoms with Gasteiger partial charge in [0.15, 0.2) is 0 Å². The minimum atomic E-state index is -0.909. The van der Waals surface area contributed by atoms with Crippen LogP contribution in [0.5, 0.6) is 11.5 Å². The van der Waals surface area contributed by atoms with E-state index < -0.39 is 5.97 Å². The minimum Gasteiger partial charge on any atom is -0.496 e. The first-order valence-electron chi connectivity index (χ1n) is 4.10. The maximum atomic E-state index is 10.6. The molecular weight excluding hydrogens is 184 g/mol. The molecule has 0 atom stereocenters. The summed E-state index contributed by atoms with van der Waals surface area (Å²) in [4.78, 5) is 10.6. The summed E-state index contributed by atoms with van der Waals surface area (Å²) < 4.78 is 10.1. The van der Waals surface area contributed by atoms with Crippen LogP contribution in [0.25, 0.3) is 0 Å². The Morgan fingerprint density at radius 3 is 2.14 bits per heavy atom. The molecule has 0 unspecified atom stereocenters. The molecule has 0 aliphatic carbocycles. The fourth-order valence-electron chi connectivity index (χ4n) is 1.25. The zero-order valence-corrected chi connectivity index (χ0v) is 8.11. The number of hydrogen-bond acceptors (Lipinski definition) is 3. The molecule has 0 bridgehead atoms. The Bertz CT molecular complexity index is 311. The molecule has 0 aromatic heterocycles. The number of hydrogen-bond donors (Lipinski definition) is 1. The average molecular weight is 196 g/mol. The number of aliphatic carboxylic acids is 1. The van der Waals surface area contributed by atoms with Gasteiger partial charge in [0.05, 0.1) is 20.6 Å². The van der Waals surface area contributed by atoms with Crippen LogP contribution in [0.15, 0.2) is 18.2 Å². The molecule has 1 aromatic rings. The number of benzene rings is 1. The molecule has 14 heavy (non-hydrogen) atoms. The average Bonchev–Trinajstić information content (AvgIpc) is 2.17. The van der Waals surface area contributed by atoms with Gasteiger partial charge in [0, 0.05) is 5.56 Å². The van der Waals surface area contributed by atoms with E-state index in [0.29, 0.717) is 17.1 Å². The highest BCUT2D eigenvalue weighted by Crippen LogP contribution is 2.28. The molecule has 1 rings (SSSR count). The van der Waals surface area contributed by atoms with Crippen molar-refractivity contribution in [3.8, 4) is 11.5 Å². The normalized spacial score (nSPS) is 9.57. The van der Waals surface area contributed by atoms with E-state index in [9.17, 15) is 4.79 Å². The van der Waals surface area contributed by atoms with Crippen LogP contribution in [0.1, 0.15) is 5.56 Å². The Morgan fingerprint density at radius 2 is 1.79 bits per heavy atom. The van der Waals surface area contributed by atoms with E-state index in [1.165, 1.54) is 14.2 Å². The Kier molecular flexibility index (Phi) is 3.34. The number of ether oxygens (including phenoxy) is 2. The Labute approximate surface area is 82.1 Å². The van der Waals surface area contributed by atoms with Crippen molar-refractivity contribution in [1.29, 1.82) is 0 Å². The van der Waals surface area contributed by atoms with Gasteiger partial charge in [-0.3, -0.25) is 4.79 Å². The number of rotatable bonds is 4. The van der Waals surface area contributed by atoms with Crippen molar-refractivity contribution in [3.05, 3.63) is 23.8 Å². The lowest BCUT2D eigenvalue weighted by Gasteiger charge is -2.10. The Balaban J connectivity index is 3.12. The maximum absolute atomic E-state index is 10.6. The van der Waals surface area contributed by atoms with Crippen LogP contribution >= 0.6 is 0 Å².